The van der Waals surface area contributed by atoms with Gasteiger partial charge in [-0.05, 0) is 109 Å². The van der Waals surface area contributed by atoms with Gasteiger partial charge in [-0.15, -0.1) is 0 Å². The zero-order chi connectivity index (χ0) is 46.2. The predicted molar refractivity (Wildman–Crippen MR) is 254 cm³/mol. The second-order valence-electron chi connectivity index (χ2n) is 11.9. The summed E-state index contributed by atoms with van der Waals surface area (Å²) in [5.74, 6) is 4.37. The molecule has 7 aromatic rings. The summed E-state index contributed by atoms with van der Waals surface area (Å²) in [7, 11) is -1.00. The summed E-state index contributed by atoms with van der Waals surface area (Å²) in [6.45, 7) is 0.0534. The van der Waals surface area contributed by atoms with Gasteiger partial charge in [0.1, 0.15) is 42.5 Å². The van der Waals surface area contributed by atoms with Crippen molar-refractivity contribution in [2.45, 2.75) is 13.0 Å². The summed E-state index contributed by atoms with van der Waals surface area (Å²) in [5.41, 5.74) is 5.09. The number of carbonyl (C=O) groups is 2. The van der Waals surface area contributed by atoms with Crippen molar-refractivity contribution in [3.8, 4) is 0 Å². The van der Waals surface area contributed by atoms with Gasteiger partial charge in [-0.25, -0.2) is 28.7 Å². The molecule has 0 fully saturated rings. The molecule has 0 aliphatic heterocycles. The molecule has 0 spiro atoms. The number of H-pyrrole nitrogens is 1. The highest BCUT2D eigenvalue weighted by Crippen LogP contribution is 2.33. The number of nitrogens with two attached hydrogens (primary N) is 1. The van der Waals surface area contributed by atoms with Crippen molar-refractivity contribution in [2.24, 2.45) is 5.84 Å². The largest absolute Gasteiger partial charge is 0.337 e. The summed E-state index contributed by atoms with van der Waals surface area (Å²) in [6, 6.07) is 15.4. The molecule has 0 atom stereocenters. The van der Waals surface area contributed by atoms with Gasteiger partial charge >= 0.3 is 0 Å². The molecular formula is C37H28Cl4F3N11O2S5. The Morgan fingerprint density at radius 2 is 1.34 bits per heavy atom. The fourth-order valence-electron chi connectivity index (χ4n) is 5.20. The molecule has 13 nitrogen and oxygen atoms in total. The second-order valence-corrected chi connectivity index (χ2v) is 16.5. The van der Waals surface area contributed by atoms with Gasteiger partial charge < -0.3 is 16.0 Å². The molecule has 0 bridgehead atoms. The van der Waals surface area contributed by atoms with Crippen LogP contribution in [-0.2, 0) is 22.6 Å². The first-order chi connectivity index (χ1) is 30.1. The molecular weight excluding hydrogens is 990 g/mol. The fraction of sp³-hybridized carbons (Fsp3) is 0.108. The van der Waals surface area contributed by atoms with Crippen LogP contribution in [0, 0.1) is 19.5 Å². The number of amides is 1. The summed E-state index contributed by atoms with van der Waals surface area (Å²) >= 11 is 42.9. The Morgan fingerprint density at radius 3 is 1.84 bits per heavy atom. The highest BCUT2D eigenvalue weighted by Gasteiger charge is 2.14. The maximum Gasteiger partial charge on any atom is 0.246 e. The number of halogens is 7. The first-order valence-corrected chi connectivity index (χ1v) is 20.8. The minimum atomic E-state index is -1.00. The molecule has 1 amide bonds. The number of anilines is 5. The molecule has 3 heterocycles. The topological polar surface area (TPSA) is 181 Å². The Bertz CT molecular complexity index is 2930. The van der Waals surface area contributed by atoms with Crippen molar-refractivity contribution in [3.05, 3.63) is 119 Å². The van der Waals surface area contributed by atoms with Gasteiger partial charge in [0, 0.05) is 27.2 Å². The lowest BCUT2D eigenvalue weighted by atomic mass is 10.1. The predicted octanol–water partition coefficient (Wildman–Crippen LogP) is 11.1. The number of fused-ring (bicyclic) bond motifs is 2. The molecule has 322 valence electrons. The van der Waals surface area contributed by atoms with Crippen LogP contribution in [0.15, 0.2) is 73.3 Å². The maximum atomic E-state index is 14.3. The number of aromatic amines is 1. The molecule has 25 heteroatoms. The van der Waals surface area contributed by atoms with E-state index in [1.165, 1.54) is 40.8 Å². The van der Waals surface area contributed by atoms with E-state index in [1.54, 1.807) is 36.4 Å². The number of thiocarbonyl (C=S) groups is 2. The second kappa shape index (κ2) is 24.3. The van der Waals surface area contributed by atoms with E-state index < -0.39 is 18.8 Å². The van der Waals surface area contributed by atoms with Crippen molar-refractivity contribution in [1.29, 1.82) is 0 Å². The lowest BCUT2D eigenvalue weighted by Crippen LogP contribution is -2.29. The van der Waals surface area contributed by atoms with E-state index in [9.17, 15) is 22.8 Å². The number of benzene rings is 4. The highest BCUT2D eigenvalue weighted by atomic mass is 35.5. The average molecular weight is 1020 g/mol. The first-order valence-electron chi connectivity index (χ1n) is 17.5. The number of Topliss-reactive ketones (excluding diaryl/α,β-unsaturated/α-hetero) is 1. The van der Waals surface area contributed by atoms with Gasteiger partial charge in [0.25, 0.3) is 0 Å². The Morgan fingerprint density at radius 1 is 0.839 bits per heavy atom. The van der Waals surface area contributed by atoms with E-state index in [4.69, 9.17) is 78.1 Å². The Kier molecular flexibility index (Phi) is 19.0. The van der Waals surface area contributed by atoms with E-state index in [-0.39, 0.29) is 62.7 Å². The van der Waals surface area contributed by atoms with E-state index in [1.807, 2.05) is 4.31 Å². The number of carbonyl (C=O) groups excluding carboxylic acids is 2. The van der Waals surface area contributed by atoms with Crippen molar-refractivity contribution >= 4 is 173 Å². The molecule has 7 N–H and O–H groups in total. The van der Waals surface area contributed by atoms with Crippen LogP contribution in [0.4, 0.5) is 41.9 Å². The number of ketones is 1. The van der Waals surface area contributed by atoms with Crippen molar-refractivity contribution in [3.63, 3.8) is 0 Å². The monoisotopic (exact) mass is 1020 g/mol. The molecule has 0 aliphatic carbocycles. The van der Waals surface area contributed by atoms with Gasteiger partial charge in [0.05, 0.1) is 57.6 Å². The van der Waals surface area contributed by atoms with Gasteiger partial charge in [-0.1, -0.05) is 63.8 Å². The van der Waals surface area contributed by atoms with E-state index in [0.717, 1.165) is 17.7 Å². The van der Waals surface area contributed by atoms with Crippen molar-refractivity contribution in [1.82, 2.24) is 35.1 Å². The molecule has 4 aromatic carbocycles. The molecule has 0 aliphatic rings. The van der Waals surface area contributed by atoms with Crippen LogP contribution in [0.2, 0.25) is 20.1 Å². The summed E-state index contributed by atoms with van der Waals surface area (Å²) in [5, 5.41) is 13.3. The van der Waals surface area contributed by atoms with Crippen LogP contribution in [0.1, 0.15) is 6.93 Å². The van der Waals surface area contributed by atoms with Crippen LogP contribution >= 0.6 is 107 Å². The van der Waals surface area contributed by atoms with E-state index in [2.05, 4.69) is 70.8 Å². The van der Waals surface area contributed by atoms with Gasteiger partial charge in [0.2, 0.25) is 5.91 Å². The van der Waals surface area contributed by atoms with E-state index in [0.29, 0.717) is 47.0 Å². The minimum absolute atomic E-state index is 0.0190. The molecule has 0 unspecified atom stereocenters. The zero-order valence-electron chi connectivity index (χ0n) is 32.1. The number of nitrogens with one attached hydrogen (secondary N) is 5. The van der Waals surface area contributed by atoms with Gasteiger partial charge in [-0.2, -0.15) is 0 Å². The van der Waals surface area contributed by atoms with Gasteiger partial charge in [-0.3, -0.25) is 35.0 Å². The summed E-state index contributed by atoms with van der Waals surface area (Å²) in [6.07, 6.45) is 2.91. The van der Waals surface area contributed by atoms with Crippen molar-refractivity contribution < 1.29 is 24.1 Å². The first kappa shape index (κ1) is 48.4. The fourth-order valence-corrected chi connectivity index (χ4v) is 7.23. The lowest BCUT2D eigenvalue weighted by molar-refractivity contribution is -0.118. The SMILES string of the molecule is NNCC(=O)Cc1ccc2ncnc(Nc3cc(Cl)c(Cl)cc3F)c2c1.O=C(Cn1[nH]c(=S)sc1=S)Nc1ccc2ncnc(Nc3cc(Cl)c(Cl)cc3F)c2c1.S=C=S.[2H]CF. The molecule has 62 heavy (non-hydrogen) atoms. The Hall–Kier alpha value is -4.61. The number of aromatic nitrogens is 6. The van der Waals surface area contributed by atoms with Crippen LogP contribution in [0.5, 0.6) is 0 Å². The van der Waals surface area contributed by atoms with Crippen LogP contribution in [-0.4, -0.2) is 59.4 Å². The zero-order valence-corrected chi connectivity index (χ0v) is 38.2. The van der Waals surface area contributed by atoms with Crippen LogP contribution in [0.25, 0.3) is 21.8 Å². The third-order valence-electron chi connectivity index (χ3n) is 7.77. The number of hydrazine groups is 1. The Labute approximate surface area is 396 Å². The molecule has 0 saturated heterocycles. The van der Waals surface area contributed by atoms with Crippen molar-refractivity contribution in [2.75, 3.05) is 29.6 Å². The third-order valence-corrected chi connectivity index (χ3v) is 10.7. The minimum Gasteiger partial charge on any atom is -0.337 e. The van der Waals surface area contributed by atoms with Crippen LogP contribution in [0.3, 0.4) is 0 Å². The average Bonchev–Trinajstić information content (AvgIpc) is 3.55. The third kappa shape index (κ3) is 13.9. The van der Waals surface area contributed by atoms with Crippen LogP contribution < -0.4 is 27.2 Å². The highest BCUT2D eigenvalue weighted by molar-refractivity contribution is 7.93. The van der Waals surface area contributed by atoms with Gasteiger partial charge in [0.15, 0.2) is 13.7 Å². The molecule has 0 saturated carbocycles. The summed E-state index contributed by atoms with van der Waals surface area (Å²) < 4.78 is 48.3. The number of alkyl halides is 1. The quantitative estimate of drug-likeness (QED) is 0.0312. The number of hydrogen-bond acceptors (Lipinski definition) is 15. The number of hydrogen-bond donors (Lipinski definition) is 6. The molecule has 7 rings (SSSR count). The number of nitrogens with zero attached hydrogens (tertiary/aromatic N) is 5. The normalized spacial score (nSPS) is 10.5. The smallest absolute Gasteiger partial charge is 0.246 e. The summed E-state index contributed by atoms with van der Waals surface area (Å²) in [4.78, 5) is 40.9. The maximum absolute atomic E-state index is 14.3. The van der Waals surface area contributed by atoms with E-state index >= 15 is 0 Å². The molecule has 3 aromatic heterocycles. The number of rotatable bonds is 11. The lowest BCUT2D eigenvalue weighted by Gasteiger charge is -2.12. The Balaban J connectivity index is 0.000000249. The standard InChI is InChI=1S/C18H11Cl2FN6OS3.C17H14Cl2FN5O.CH3F.CS2/c19-10-4-12(21)14(5-11(10)20)25-16-9-3-8(1-2-13(9)22-7-23-16)24-15(28)6-27-18(30)31-17(29)26-27;18-12-5-14(20)16(6-13(12)19)25-17-11-4-9(3-10(26)7-24-21)1-2-15(11)22-8-23-17;1-2;2-1-3/h1-5,7H,6H2,(H,24,28)(H,26,29)(H,22,23,25);1-2,4-6,8,24H,3,7,21H2,(H,22,23,25);1H3;/i;;1D;. The molecule has 0 radical (unpaired) electrons.